The number of rotatable bonds is 3. The first-order valence-corrected chi connectivity index (χ1v) is 6.94. The second-order valence-electron chi connectivity index (χ2n) is 4.91. The van der Waals surface area contributed by atoms with Crippen LogP contribution in [0.1, 0.15) is 25.0 Å². The van der Waals surface area contributed by atoms with Gasteiger partial charge in [-0.05, 0) is 42.7 Å². The monoisotopic (exact) mass is 263 g/mol. The summed E-state index contributed by atoms with van der Waals surface area (Å²) in [4.78, 5) is 4.49. The maximum absolute atomic E-state index is 4.49. The van der Waals surface area contributed by atoms with Gasteiger partial charge in [0.25, 0.3) is 0 Å². The summed E-state index contributed by atoms with van der Waals surface area (Å²) in [5, 5.41) is 2.57. The highest BCUT2D eigenvalue weighted by molar-refractivity contribution is 6.15. The van der Waals surface area contributed by atoms with E-state index in [0.29, 0.717) is 0 Å². The van der Waals surface area contributed by atoms with E-state index in [1.54, 1.807) is 0 Å². The molecule has 0 amide bonds. The predicted molar refractivity (Wildman–Crippen MR) is 89.7 cm³/mol. The van der Waals surface area contributed by atoms with Gasteiger partial charge in [-0.2, -0.15) is 0 Å². The number of nitrogens with zero attached hydrogens (tertiary/aromatic N) is 1. The standard InChI is InChI=1S/C19H21N/c1-5-6-9-14(2)19(20-4)18-13-12-16-10-7-8-11-17(16)15(18)3/h5-13H,1-4H3/b6-5-,14-9+,20-19-. The fraction of sp³-hybridized carbons (Fsp3) is 0.211. The molecule has 2 aromatic rings. The molecule has 0 bridgehead atoms. The van der Waals surface area contributed by atoms with E-state index >= 15 is 0 Å². The van der Waals surface area contributed by atoms with Crippen molar-refractivity contribution in [2.75, 3.05) is 7.05 Å². The number of hydrogen-bond donors (Lipinski definition) is 0. The van der Waals surface area contributed by atoms with E-state index in [1.807, 2.05) is 20.0 Å². The van der Waals surface area contributed by atoms with Gasteiger partial charge in [0.1, 0.15) is 0 Å². The van der Waals surface area contributed by atoms with Gasteiger partial charge in [-0.1, -0.05) is 54.6 Å². The molecule has 0 aliphatic carbocycles. The van der Waals surface area contributed by atoms with Gasteiger partial charge in [0.15, 0.2) is 0 Å². The molecule has 1 nitrogen and oxygen atoms in total. The summed E-state index contributed by atoms with van der Waals surface area (Å²) in [7, 11) is 1.86. The van der Waals surface area contributed by atoms with Crippen molar-refractivity contribution in [3.63, 3.8) is 0 Å². The number of hydrogen-bond acceptors (Lipinski definition) is 1. The molecule has 2 aromatic carbocycles. The molecule has 0 fully saturated rings. The van der Waals surface area contributed by atoms with Gasteiger partial charge in [0.05, 0.1) is 5.71 Å². The van der Waals surface area contributed by atoms with Gasteiger partial charge < -0.3 is 0 Å². The van der Waals surface area contributed by atoms with Gasteiger partial charge in [-0.15, -0.1) is 0 Å². The van der Waals surface area contributed by atoms with E-state index in [-0.39, 0.29) is 0 Å². The summed E-state index contributed by atoms with van der Waals surface area (Å²) in [5.74, 6) is 0. The van der Waals surface area contributed by atoms with Gasteiger partial charge >= 0.3 is 0 Å². The van der Waals surface area contributed by atoms with Gasteiger partial charge in [0.2, 0.25) is 0 Å². The minimum absolute atomic E-state index is 1.06. The Labute approximate surface area is 121 Å². The van der Waals surface area contributed by atoms with Crippen molar-refractivity contribution < 1.29 is 0 Å². The van der Waals surface area contributed by atoms with Gasteiger partial charge in [0, 0.05) is 12.6 Å². The zero-order valence-electron chi connectivity index (χ0n) is 12.6. The topological polar surface area (TPSA) is 12.4 Å². The number of benzene rings is 2. The SMILES string of the molecule is C\C=C/C=C(C)/C(=N/C)c1ccc2ccccc2c1C. The zero-order valence-corrected chi connectivity index (χ0v) is 12.6. The highest BCUT2D eigenvalue weighted by Crippen LogP contribution is 2.24. The molecule has 0 heterocycles. The third-order valence-electron chi connectivity index (χ3n) is 3.59. The van der Waals surface area contributed by atoms with Gasteiger partial charge in [-0.3, -0.25) is 4.99 Å². The first-order chi connectivity index (χ1) is 9.69. The Balaban J connectivity index is 2.59. The molecule has 2 rings (SSSR count). The largest absolute Gasteiger partial charge is 0.288 e. The van der Waals surface area contributed by atoms with E-state index < -0.39 is 0 Å². The number of fused-ring (bicyclic) bond motifs is 1. The van der Waals surface area contributed by atoms with Crippen LogP contribution in [-0.2, 0) is 0 Å². The Bertz CT molecular complexity index is 703. The first-order valence-electron chi connectivity index (χ1n) is 6.94. The summed E-state index contributed by atoms with van der Waals surface area (Å²) in [6.07, 6.45) is 6.19. The van der Waals surface area contributed by atoms with Gasteiger partial charge in [-0.25, -0.2) is 0 Å². The van der Waals surface area contributed by atoms with Crippen LogP contribution in [0, 0.1) is 6.92 Å². The van der Waals surface area contributed by atoms with Crippen LogP contribution < -0.4 is 0 Å². The molecule has 0 N–H and O–H groups in total. The molecule has 0 aromatic heterocycles. The molecule has 0 spiro atoms. The normalized spacial score (nSPS) is 13.4. The maximum Gasteiger partial charge on any atom is 0.0675 e. The van der Waals surface area contributed by atoms with E-state index in [2.05, 4.69) is 67.4 Å². The number of aliphatic imine (C=N–C) groups is 1. The Morgan fingerprint density at radius 1 is 1.10 bits per heavy atom. The molecule has 0 unspecified atom stereocenters. The summed E-state index contributed by atoms with van der Waals surface area (Å²) in [5.41, 5.74) is 4.75. The van der Waals surface area contributed by atoms with Crippen LogP contribution in [0.25, 0.3) is 10.8 Å². The lowest BCUT2D eigenvalue weighted by atomic mass is 9.94. The van der Waals surface area contributed by atoms with Crippen LogP contribution in [-0.4, -0.2) is 12.8 Å². The Hall–Kier alpha value is -2.15. The summed E-state index contributed by atoms with van der Waals surface area (Å²) >= 11 is 0. The lowest BCUT2D eigenvalue weighted by molar-refractivity contribution is 1.37. The highest BCUT2D eigenvalue weighted by atomic mass is 14.7. The quantitative estimate of drug-likeness (QED) is 0.540. The summed E-state index contributed by atoms with van der Waals surface area (Å²) < 4.78 is 0. The fourth-order valence-corrected chi connectivity index (χ4v) is 2.51. The molecule has 1 heteroatoms. The zero-order chi connectivity index (χ0) is 14.5. The molecule has 102 valence electrons. The molecule has 0 aliphatic rings. The molecule has 20 heavy (non-hydrogen) atoms. The molecule has 0 saturated carbocycles. The first kappa shape index (κ1) is 14.3. The van der Waals surface area contributed by atoms with Crippen molar-refractivity contribution in [2.24, 2.45) is 4.99 Å². The average molecular weight is 263 g/mol. The summed E-state index contributed by atoms with van der Waals surface area (Å²) in [6, 6.07) is 12.8. The van der Waals surface area contributed by atoms with E-state index in [0.717, 1.165) is 5.71 Å². The molecule has 0 saturated heterocycles. The molecular formula is C19H21N. The van der Waals surface area contributed by atoms with Crippen molar-refractivity contribution in [3.05, 3.63) is 71.3 Å². The van der Waals surface area contributed by atoms with Crippen LogP contribution in [0.4, 0.5) is 0 Å². The maximum atomic E-state index is 4.49. The van der Waals surface area contributed by atoms with Crippen molar-refractivity contribution >= 4 is 16.5 Å². The molecule has 0 atom stereocenters. The third-order valence-corrected chi connectivity index (χ3v) is 3.59. The van der Waals surface area contributed by atoms with Crippen molar-refractivity contribution in [1.29, 1.82) is 0 Å². The highest BCUT2D eigenvalue weighted by Gasteiger charge is 2.10. The van der Waals surface area contributed by atoms with Crippen LogP contribution >= 0.6 is 0 Å². The Kier molecular flexibility index (Phi) is 4.52. The fourth-order valence-electron chi connectivity index (χ4n) is 2.51. The second-order valence-corrected chi connectivity index (χ2v) is 4.91. The van der Waals surface area contributed by atoms with Crippen LogP contribution in [0.15, 0.2) is 65.2 Å². The third kappa shape index (κ3) is 2.72. The predicted octanol–water partition coefficient (Wildman–Crippen LogP) is 5.09. The molecular weight excluding hydrogens is 242 g/mol. The van der Waals surface area contributed by atoms with Crippen LogP contribution in [0.2, 0.25) is 0 Å². The molecule has 0 aliphatic heterocycles. The van der Waals surface area contributed by atoms with Crippen LogP contribution in [0.5, 0.6) is 0 Å². The Morgan fingerprint density at radius 2 is 1.85 bits per heavy atom. The lowest BCUT2D eigenvalue weighted by Crippen LogP contribution is -2.05. The smallest absolute Gasteiger partial charge is 0.0675 e. The number of aryl methyl sites for hydroxylation is 1. The average Bonchev–Trinajstić information content (AvgIpc) is 2.48. The van der Waals surface area contributed by atoms with Crippen molar-refractivity contribution in [3.8, 4) is 0 Å². The number of allylic oxidation sites excluding steroid dienone is 4. The van der Waals surface area contributed by atoms with Crippen LogP contribution in [0.3, 0.4) is 0 Å². The summed E-state index contributed by atoms with van der Waals surface area (Å²) in [6.45, 7) is 6.30. The minimum atomic E-state index is 1.06. The minimum Gasteiger partial charge on any atom is -0.288 e. The van der Waals surface area contributed by atoms with Crippen molar-refractivity contribution in [1.82, 2.24) is 0 Å². The van der Waals surface area contributed by atoms with E-state index in [1.165, 1.54) is 27.5 Å². The second kappa shape index (κ2) is 6.33. The van der Waals surface area contributed by atoms with E-state index in [9.17, 15) is 0 Å². The van der Waals surface area contributed by atoms with E-state index in [4.69, 9.17) is 0 Å². The lowest BCUT2D eigenvalue weighted by Gasteiger charge is -2.12. The van der Waals surface area contributed by atoms with Crippen molar-refractivity contribution in [2.45, 2.75) is 20.8 Å². The molecule has 0 radical (unpaired) electrons. The Morgan fingerprint density at radius 3 is 2.55 bits per heavy atom.